The van der Waals surface area contributed by atoms with Crippen molar-refractivity contribution < 1.29 is 5.11 Å². The highest BCUT2D eigenvalue weighted by molar-refractivity contribution is 6.05. The highest BCUT2D eigenvalue weighted by Crippen LogP contribution is 2.48. The molecule has 2 saturated carbocycles. The van der Waals surface area contributed by atoms with Gasteiger partial charge in [0.25, 0.3) is 0 Å². The summed E-state index contributed by atoms with van der Waals surface area (Å²) in [5.74, 6) is 3.54. The summed E-state index contributed by atoms with van der Waals surface area (Å²) in [6.45, 7) is 2.33. The van der Waals surface area contributed by atoms with Gasteiger partial charge in [-0.25, -0.2) is 15.0 Å². The maximum Gasteiger partial charge on any atom is 0.150 e. The predicted octanol–water partition coefficient (Wildman–Crippen LogP) is 5.67. The number of aromatic amines is 2. The number of nitrogens with zero attached hydrogens (tertiary/aromatic N) is 5. The molecule has 2 aliphatic carbocycles. The SMILES string of the molecule is Cc1ccc2cc(C3=C4C(N)=NC=CN4C(C4CC(c5ccc6[nH]c(-c7nc(C8CC(CO)C8)n8ccnc(N)c78)cc6c5)C4)N3)[nH]c2c1. The third-order valence-electron chi connectivity index (χ3n) is 11.3. The molecule has 11 heteroatoms. The van der Waals surface area contributed by atoms with E-state index >= 15 is 0 Å². The van der Waals surface area contributed by atoms with E-state index < -0.39 is 0 Å². The number of fused-ring (bicyclic) bond motifs is 4. The van der Waals surface area contributed by atoms with Crippen molar-refractivity contribution in [2.24, 2.45) is 22.6 Å². The lowest BCUT2D eigenvalue weighted by Gasteiger charge is -2.43. The van der Waals surface area contributed by atoms with Crippen LogP contribution >= 0.6 is 0 Å². The standard InChI is InChI=1S/C38H38N10O/c1-19-2-3-22-16-29(44-28(22)10-19)31-33-35(39)42-7-9-48(33)38(46-31)26-14-23(15-26)21-4-5-27-24(13-21)17-30(43-27)32-34-36(40)41-6-8-47(34)37(45-32)25-11-20(12-25)18-49/h2-10,13,16-17,20,23,25-26,38,43-44,46,49H,11-12,14-15,18H2,1H3,(H2,39,42)(H2,40,41). The minimum Gasteiger partial charge on any atom is -0.396 e. The van der Waals surface area contributed by atoms with Gasteiger partial charge in [-0.2, -0.15) is 0 Å². The number of aliphatic hydroxyl groups excluding tert-OH is 1. The minimum absolute atomic E-state index is 0.105. The number of aromatic nitrogens is 5. The molecule has 0 bridgehead atoms. The van der Waals surface area contributed by atoms with E-state index in [1.165, 1.54) is 16.5 Å². The Morgan fingerprint density at radius 1 is 0.918 bits per heavy atom. The summed E-state index contributed by atoms with van der Waals surface area (Å²) in [7, 11) is 0. The monoisotopic (exact) mass is 650 g/mol. The lowest BCUT2D eigenvalue weighted by atomic mass is 9.69. The molecule has 6 heterocycles. The van der Waals surface area contributed by atoms with Gasteiger partial charge in [-0.15, -0.1) is 0 Å². The van der Waals surface area contributed by atoms with Crippen LogP contribution in [0, 0.1) is 18.8 Å². The number of imidazole rings is 1. The van der Waals surface area contributed by atoms with Crippen LogP contribution in [0.25, 0.3) is 44.4 Å². The zero-order valence-electron chi connectivity index (χ0n) is 27.2. The first-order chi connectivity index (χ1) is 23.9. The third kappa shape index (κ3) is 4.34. The molecule has 0 saturated heterocycles. The Morgan fingerprint density at radius 3 is 2.61 bits per heavy atom. The number of hydrogen-bond donors (Lipinski definition) is 6. The number of H-pyrrole nitrogens is 2. The van der Waals surface area contributed by atoms with Gasteiger partial charge >= 0.3 is 0 Å². The topological polar surface area (TPSA) is 162 Å². The number of nitrogens with two attached hydrogens (primary N) is 2. The number of aryl methyl sites for hydroxylation is 1. The molecule has 246 valence electrons. The molecule has 8 N–H and O–H groups in total. The molecule has 6 aromatic rings. The Labute approximate surface area is 282 Å². The zero-order chi connectivity index (χ0) is 33.0. The van der Waals surface area contributed by atoms with Crippen molar-refractivity contribution in [3.63, 3.8) is 0 Å². The maximum atomic E-state index is 9.58. The number of rotatable bonds is 6. The molecule has 1 unspecified atom stereocenters. The van der Waals surface area contributed by atoms with E-state index in [4.69, 9.17) is 16.5 Å². The molecule has 10 rings (SSSR count). The Balaban J connectivity index is 0.904. The van der Waals surface area contributed by atoms with Gasteiger partial charge in [0.05, 0.1) is 17.1 Å². The van der Waals surface area contributed by atoms with Gasteiger partial charge in [0.1, 0.15) is 40.6 Å². The average Bonchev–Trinajstić information content (AvgIpc) is 3.83. The van der Waals surface area contributed by atoms with Crippen LogP contribution in [0.2, 0.25) is 0 Å². The molecule has 2 aromatic carbocycles. The van der Waals surface area contributed by atoms with Gasteiger partial charge in [-0.05, 0) is 91.8 Å². The molecule has 2 aliphatic heterocycles. The van der Waals surface area contributed by atoms with Crippen LogP contribution in [-0.4, -0.2) is 53.0 Å². The van der Waals surface area contributed by atoms with E-state index in [0.717, 1.165) is 81.9 Å². The molecule has 11 nitrogen and oxygen atoms in total. The van der Waals surface area contributed by atoms with Crippen molar-refractivity contribution in [2.75, 3.05) is 12.3 Å². The van der Waals surface area contributed by atoms with Crippen LogP contribution in [0.15, 0.2) is 84.0 Å². The summed E-state index contributed by atoms with van der Waals surface area (Å²) in [4.78, 5) is 23.4. The van der Waals surface area contributed by atoms with Crippen LogP contribution in [-0.2, 0) is 0 Å². The maximum absolute atomic E-state index is 9.58. The van der Waals surface area contributed by atoms with Gasteiger partial charge in [-0.1, -0.05) is 18.2 Å². The highest BCUT2D eigenvalue weighted by atomic mass is 16.3. The van der Waals surface area contributed by atoms with Crippen molar-refractivity contribution in [1.29, 1.82) is 0 Å². The molecule has 0 amide bonds. The Hall–Kier alpha value is -5.55. The van der Waals surface area contributed by atoms with Crippen molar-refractivity contribution in [1.82, 2.24) is 34.6 Å². The Morgan fingerprint density at radius 2 is 1.76 bits per heavy atom. The minimum atomic E-state index is 0.105. The smallest absolute Gasteiger partial charge is 0.150 e. The highest BCUT2D eigenvalue weighted by Gasteiger charge is 2.44. The fourth-order valence-corrected chi connectivity index (χ4v) is 8.54. The van der Waals surface area contributed by atoms with Crippen LogP contribution in [0.3, 0.4) is 0 Å². The van der Waals surface area contributed by atoms with E-state index in [1.54, 1.807) is 12.4 Å². The molecule has 49 heavy (non-hydrogen) atoms. The largest absolute Gasteiger partial charge is 0.396 e. The number of benzene rings is 2. The first-order valence-corrected chi connectivity index (χ1v) is 17.2. The van der Waals surface area contributed by atoms with E-state index in [0.29, 0.717) is 35.3 Å². The van der Waals surface area contributed by atoms with E-state index in [-0.39, 0.29) is 12.8 Å². The van der Waals surface area contributed by atoms with Gasteiger partial charge in [0, 0.05) is 59.1 Å². The summed E-state index contributed by atoms with van der Waals surface area (Å²) in [5.41, 5.74) is 23.2. The van der Waals surface area contributed by atoms with Gasteiger partial charge < -0.3 is 36.8 Å². The van der Waals surface area contributed by atoms with Crippen LogP contribution < -0.4 is 16.8 Å². The van der Waals surface area contributed by atoms with E-state index in [9.17, 15) is 5.11 Å². The number of hydrogen-bond acceptors (Lipinski definition) is 8. The van der Waals surface area contributed by atoms with Gasteiger partial charge in [0.2, 0.25) is 0 Å². The third-order valence-corrected chi connectivity index (χ3v) is 11.3. The molecule has 2 fully saturated rings. The summed E-state index contributed by atoms with van der Waals surface area (Å²) in [6, 6.07) is 17.6. The molecule has 4 aromatic heterocycles. The fourth-order valence-electron chi connectivity index (χ4n) is 8.54. The lowest BCUT2D eigenvalue weighted by molar-refractivity contribution is 0.138. The summed E-state index contributed by atoms with van der Waals surface area (Å²) in [6.07, 6.45) is 11.6. The zero-order valence-corrected chi connectivity index (χ0v) is 27.2. The Bertz CT molecular complexity index is 2400. The molecular weight excluding hydrogens is 612 g/mol. The summed E-state index contributed by atoms with van der Waals surface area (Å²) < 4.78 is 2.08. The second-order valence-corrected chi connectivity index (χ2v) is 14.3. The molecule has 1 atom stereocenters. The second kappa shape index (κ2) is 10.5. The van der Waals surface area contributed by atoms with Crippen LogP contribution in [0.1, 0.15) is 60.2 Å². The predicted molar refractivity (Wildman–Crippen MR) is 192 cm³/mol. The van der Waals surface area contributed by atoms with Crippen molar-refractivity contribution in [3.05, 3.63) is 102 Å². The van der Waals surface area contributed by atoms with Crippen LogP contribution in [0.5, 0.6) is 0 Å². The van der Waals surface area contributed by atoms with Crippen LogP contribution in [0.4, 0.5) is 5.82 Å². The number of aliphatic imine (C=N–C) groups is 1. The number of anilines is 1. The van der Waals surface area contributed by atoms with Gasteiger partial charge in [-0.3, -0.25) is 4.40 Å². The molecule has 0 spiro atoms. The molecular formula is C38H38N10O. The quantitative estimate of drug-likeness (QED) is 0.135. The fraction of sp³-hybridized carbons (Fsp3) is 0.289. The number of aliphatic hydroxyl groups is 1. The summed E-state index contributed by atoms with van der Waals surface area (Å²) in [5, 5.41) is 15.8. The number of nitrogen functional groups attached to an aromatic ring is 1. The number of amidine groups is 1. The second-order valence-electron chi connectivity index (χ2n) is 14.3. The average molecular weight is 651 g/mol. The van der Waals surface area contributed by atoms with E-state index in [1.807, 2.05) is 12.4 Å². The molecule has 4 aliphatic rings. The van der Waals surface area contributed by atoms with E-state index in [2.05, 4.69) is 90.0 Å². The van der Waals surface area contributed by atoms with Crippen molar-refractivity contribution >= 4 is 44.7 Å². The lowest BCUT2D eigenvalue weighted by Crippen LogP contribution is -2.47. The first kappa shape index (κ1) is 28.5. The van der Waals surface area contributed by atoms with Gasteiger partial charge in [0.15, 0.2) is 0 Å². The first-order valence-electron chi connectivity index (χ1n) is 17.2. The van der Waals surface area contributed by atoms with Crippen molar-refractivity contribution in [3.8, 4) is 11.4 Å². The normalized spacial score (nSPS) is 24.7. The number of nitrogens with one attached hydrogen (secondary N) is 3. The van der Waals surface area contributed by atoms with Crippen molar-refractivity contribution in [2.45, 2.75) is 50.6 Å². The summed E-state index contributed by atoms with van der Waals surface area (Å²) >= 11 is 0. The molecule has 0 radical (unpaired) electrons. The Kier molecular flexibility index (Phi) is 6.08.